The Kier molecular flexibility index (Phi) is 6.58. The summed E-state index contributed by atoms with van der Waals surface area (Å²) in [6, 6.07) is 7.80. The molecule has 0 spiro atoms. The van der Waals surface area contributed by atoms with Crippen LogP contribution >= 0.6 is 0 Å². The molecule has 1 aromatic rings. The highest BCUT2D eigenvalue weighted by Gasteiger charge is 2.47. The number of carbonyl (C=O) groups excluding carboxylic acids is 5. The van der Waals surface area contributed by atoms with E-state index in [-0.39, 0.29) is 36.6 Å². The molecule has 0 aromatic heterocycles. The van der Waals surface area contributed by atoms with Crippen LogP contribution in [0.5, 0.6) is 0 Å². The number of para-hydroxylation sites is 1. The van der Waals surface area contributed by atoms with Gasteiger partial charge in [-0.1, -0.05) is 31.0 Å². The second-order valence-electron chi connectivity index (χ2n) is 7.10. The van der Waals surface area contributed by atoms with E-state index >= 15 is 0 Å². The Morgan fingerprint density at radius 2 is 1.62 bits per heavy atom. The van der Waals surface area contributed by atoms with E-state index < -0.39 is 24.5 Å². The minimum atomic E-state index is -0.786. The number of hydrogen-bond acceptors (Lipinski definition) is 6. The number of anilines is 1. The van der Waals surface area contributed by atoms with Crippen LogP contribution in [0.15, 0.2) is 30.3 Å². The maximum Gasteiger partial charge on any atom is 0.325 e. The normalized spacial score (nSPS) is 20.8. The van der Waals surface area contributed by atoms with Gasteiger partial charge in [0.2, 0.25) is 11.8 Å². The van der Waals surface area contributed by atoms with Crippen molar-refractivity contribution in [3.63, 3.8) is 0 Å². The van der Waals surface area contributed by atoms with Gasteiger partial charge in [-0.05, 0) is 25.0 Å². The molecular weight excluding hydrogens is 378 g/mol. The summed E-state index contributed by atoms with van der Waals surface area (Å²) in [5.74, 6) is -2.47. The fourth-order valence-electron chi connectivity index (χ4n) is 3.72. The molecule has 2 atom stereocenters. The minimum Gasteiger partial charge on any atom is -0.456 e. The molecule has 1 aliphatic carbocycles. The second kappa shape index (κ2) is 9.31. The molecule has 0 bridgehead atoms. The van der Waals surface area contributed by atoms with Gasteiger partial charge in [0.25, 0.3) is 5.91 Å². The standard InChI is InChI=1S/C20H23N3O6/c24-16(22-20(28)21-13-6-2-1-3-7-13)12-29-17(25)10-11-23-18(26)14-8-4-5-9-15(14)19(23)27/h1-3,6-7,14-15H,4-5,8-12H2,(H2,21,22,24,28)/t14-,15+. The van der Waals surface area contributed by atoms with Gasteiger partial charge in [0, 0.05) is 12.2 Å². The number of carbonyl (C=O) groups is 5. The van der Waals surface area contributed by atoms with Gasteiger partial charge in [-0.3, -0.25) is 29.4 Å². The van der Waals surface area contributed by atoms with Crippen LogP contribution in [0.3, 0.4) is 0 Å². The Morgan fingerprint density at radius 1 is 1.00 bits per heavy atom. The number of rotatable bonds is 6. The van der Waals surface area contributed by atoms with E-state index in [0.717, 1.165) is 17.7 Å². The summed E-state index contributed by atoms with van der Waals surface area (Å²) in [6.07, 6.45) is 3.09. The third-order valence-corrected chi connectivity index (χ3v) is 5.12. The molecule has 9 nitrogen and oxygen atoms in total. The van der Waals surface area contributed by atoms with Gasteiger partial charge in [-0.25, -0.2) is 4.79 Å². The summed E-state index contributed by atoms with van der Waals surface area (Å²) in [6.45, 7) is -0.687. The molecule has 1 aliphatic heterocycles. The summed E-state index contributed by atoms with van der Waals surface area (Å²) in [4.78, 5) is 61.1. The Morgan fingerprint density at radius 3 is 2.24 bits per heavy atom. The van der Waals surface area contributed by atoms with E-state index in [9.17, 15) is 24.0 Å². The number of ether oxygens (including phenoxy) is 1. The van der Waals surface area contributed by atoms with E-state index in [1.807, 2.05) is 5.32 Å². The SMILES string of the molecule is O=C(COC(=O)CCN1C(=O)[C@H]2CCCC[C@H]2C1=O)NC(=O)Nc1ccccc1. The van der Waals surface area contributed by atoms with Crippen LogP contribution in [-0.4, -0.2) is 47.8 Å². The molecular formula is C20H23N3O6. The van der Waals surface area contributed by atoms with E-state index in [1.54, 1.807) is 30.3 Å². The molecule has 1 aromatic carbocycles. The Bertz CT molecular complexity index is 786. The Hall–Kier alpha value is -3.23. The predicted octanol–water partition coefficient (Wildman–Crippen LogP) is 1.44. The topological polar surface area (TPSA) is 122 Å². The van der Waals surface area contributed by atoms with E-state index in [0.29, 0.717) is 18.5 Å². The number of urea groups is 1. The average Bonchev–Trinajstić information content (AvgIpc) is 2.96. The maximum absolute atomic E-state index is 12.3. The van der Waals surface area contributed by atoms with Crippen molar-refractivity contribution >= 4 is 35.4 Å². The molecule has 29 heavy (non-hydrogen) atoms. The van der Waals surface area contributed by atoms with Crippen molar-refractivity contribution in [3.8, 4) is 0 Å². The van der Waals surface area contributed by atoms with Crippen molar-refractivity contribution in [2.45, 2.75) is 32.1 Å². The molecule has 2 N–H and O–H groups in total. The van der Waals surface area contributed by atoms with Crippen molar-refractivity contribution in [3.05, 3.63) is 30.3 Å². The highest BCUT2D eigenvalue weighted by Crippen LogP contribution is 2.37. The third kappa shape index (κ3) is 5.18. The highest BCUT2D eigenvalue weighted by atomic mass is 16.5. The average molecular weight is 401 g/mol. The number of nitrogens with one attached hydrogen (secondary N) is 2. The van der Waals surface area contributed by atoms with Crippen LogP contribution in [0, 0.1) is 11.8 Å². The third-order valence-electron chi connectivity index (χ3n) is 5.12. The molecule has 1 heterocycles. The second-order valence-corrected chi connectivity index (χ2v) is 7.10. The number of fused-ring (bicyclic) bond motifs is 1. The summed E-state index contributed by atoms with van der Waals surface area (Å²) in [7, 11) is 0. The molecule has 2 aliphatic rings. The van der Waals surface area contributed by atoms with Crippen molar-refractivity contribution in [1.82, 2.24) is 10.2 Å². The van der Waals surface area contributed by atoms with Gasteiger partial charge in [0.15, 0.2) is 6.61 Å². The number of esters is 1. The van der Waals surface area contributed by atoms with Gasteiger partial charge in [0.05, 0.1) is 18.3 Å². The number of nitrogens with zero attached hydrogens (tertiary/aromatic N) is 1. The molecule has 3 rings (SSSR count). The lowest BCUT2D eigenvalue weighted by Crippen LogP contribution is -2.37. The lowest BCUT2D eigenvalue weighted by molar-refractivity contribution is -0.149. The first kappa shape index (κ1) is 20.5. The van der Waals surface area contributed by atoms with Gasteiger partial charge in [-0.15, -0.1) is 0 Å². The first-order valence-electron chi connectivity index (χ1n) is 9.62. The Labute approximate surface area is 167 Å². The number of imide groups is 2. The smallest absolute Gasteiger partial charge is 0.325 e. The molecule has 9 heteroatoms. The van der Waals surface area contributed by atoms with Gasteiger partial charge in [0.1, 0.15) is 0 Å². The van der Waals surface area contributed by atoms with Crippen molar-refractivity contribution < 1.29 is 28.7 Å². The van der Waals surface area contributed by atoms with E-state index in [2.05, 4.69) is 5.32 Å². The molecule has 2 fully saturated rings. The first-order valence-corrected chi connectivity index (χ1v) is 9.62. The van der Waals surface area contributed by atoms with Gasteiger partial charge < -0.3 is 10.1 Å². The van der Waals surface area contributed by atoms with E-state index in [1.165, 1.54) is 0 Å². The maximum atomic E-state index is 12.3. The van der Waals surface area contributed by atoms with Gasteiger partial charge in [-0.2, -0.15) is 0 Å². The van der Waals surface area contributed by atoms with Crippen LogP contribution in [0.25, 0.3) is 0 Å². The lowest BCUT2D eigenvalue weighted by atomic mass is 9.81. The summed E-state index contributed by atoms with van der Waals surface area (Å²) in [5.41, 5.74) is 0.510. The zero-order valence-corrected chi connectivity index (χ0v) is 15.9. The minimum absolute atomic E-state index is 0.0559. The Balaban J connectivity index is 1.37. The van der Waals surface area contributed by atoms with Gasteiger partial charge >= 0.3 is 12.0 Å². The number of hydrogen-bond donors (Lipinski definition) is 2. The number of benzene rings is 1. The zero-order valence-electron chi connectivity index (χ0n) is 15.9. The highest BCUT2D eigenvalue weighted by molar-refractivity contribution is 6.05. The number of likely N-dealkylation sites (tertiary alicyclic amines) is 1. The molecule has 154 valence electrons. The van der Waals surface area contributed by atoms with Crippen LogP contribution in [-0.2, 0) is 23.9 Å². The zero-order chi connectivity index (χ0) is 20.8. The predicted molar refractivity (Wildman–Crippen MR) is 101 cm³/mol. The molecule has 1 saturated heterocycles. The quantitative estimate of drug-likeness (QED) is 0.549. The van der Waals surface area contributed by atoms with Crippen molar-refractivity contribution in [2.24, 2.45) is 11.8 Å². The van der Waals surface area contributed by atoms with Crippen LogP contribution in [0.4, 0.5) is 10.5 Å². The first-order chi connectivity index (χ1) is 14.0. The molecule has 0 unspecified atom stereocenters. The van der Waals surface area contributed by atoms with Crippen LogP contribution in [0.1, 0.15) is 32.1 Å². The van der Waals surface area contributed by atoms with E-state index in [4.69, 9.17) is 4.74 Å². The molecule has 5 amide bonds. The van der Waals surface area contributed by atoms with Crippen molar-refractivity contribution in [2.75, 3.05) is 18.5 Å². The summed E-state index contributed by atoms with van der Waals surface area (Å²) >= 11 is 0. The fourth-order valence-corrected chi connectivity index (χ4v) is 3.72. The summed E-state index contributed by atoms with van der Waals surface area (Å²) in [5, 5.41) is 4.51. The summed E-state index contributed by atoms with van der Waals surface area (Å²) < 4.78 is 4.82. The molecule has 1 saturated carbocycles. The van der Waals surface area contributed by atoms with Crippen LogP contribution in [0.2, 0.25) is 0 Å². The monoisotopic (exact) mass is 401 g/mol. The molecule has 0 radical (unpaired) electrons. The van der Waals surface area contributed by atoms with Crippen LogP contribution < -0.4 is 10.6 Å². The number of amides is 5. The largest absolute Gasteiger partial charge is 0.456 e. The lowest BCUT2D eigenvalue weighted by Gasteiger charge is -2.19. The fraction of sp³-hybridized carbons (Fsp3) is 0.450. The van der Waals surface area contributed by atoms with Crippen molar-refractivity contribution in [1.29, 1.82) is 0 Å².